The van der Waals surface area contributed by atoms with Gasteiger partial charge in [0, 0.05) is 82.5 Å². The van der Waals surface area contributed by atoms with Gasteiger partial charge in [-0.1, -0.05) is 161 Å². The van der Waals surface area contributed by atoms with Crippen LogP contribution < -0.4 is 10.4 Å². The molecule has 6 aromatic heterocycles. The number of nitrogens with zero attached hydrogens (tertiary/aromatic N) is 4. The summed E-state index contributed by atoms with van der Waals surface area (Å²) in [5.41, 5.74) is 11.0. The molecule has 0 N–H and O–H groups in total. The smallest absolute Gasteiger partial charge is 0.0783 e. The number of fused-ring (bicyclic) bond motifs is 6. The molecule has 0 saturated heterocycles. The minimum absolute atomic E-state index is 0. The van der Waals surface area contributed by atoms with Crippen molar-refractivity contribution in [2.75, 3.05) is 0 Å². The van der Waals surface area contributed by atoms with E-state index >= 15 is 0 Å². The number of hydrogen-bond donors (Lipinski definition) is 0. The fourth-order valence-corrected chi connectivity index (χ4v) is 15.0. The Kier molecular flexibility index (Phi) is 20.6. The topological polar surface area (TPSA) is 51.6 Å². The molecule has 0 unspecified atom stereocenters. The molecule has 2 radical (unpaired) electrons. The van der Waals surface area contributed by atoms with Gasteiger partial charge in [0.25, 0.3) is 0 Å². The van der Waals surface area contributed by atoms with Crippen molar-refractivity contribution in [3.8, 4) is 45.0 Å². The minimum atomic E-state index is -1.45. The molecule has 0 aliphatic rings. The summed E-state index contributed by atoms with van der Waals surface area (Å²) in [6, 6.07) is 71.7. The first-order chi connectivity index (χ1) is 36.7. The Morgan fingerprint density at radius 1 is 0.397 bits per heavy atom. The van der Waals surface area contributed by atoms with Crippen LogP contribution in [0.3, 0.4) is 0 Å². The Morgan fingerprint density at radius 2 is 0.897 bits per heavy atom. The van der Waals surface area contributed by atoms with Gasteiger partial charge in [0.2, 0.25) is 0 Å². The van der Waals surface area contributed by atoms with Gasteiger partial charge >= 0.3 is 0 Å². The molecule has 12 aromatic rings. The first-order valence-corrected chi connectivity index (χ1v) is 34.7. The zero-order chi connectivity index (χ0) is 53.4. The molecule has 0 amide bonds. The number of aromatic nitrogens is 4. The van der Waals surface area contributed by atoms with E-state index in [1.807, 2.05) is 126 Å². The van der Waals surface area contributed by atoms with Crippen LogP contribution in [0.25, 0.3) is 85.4 Å². The van der Waals surface area contributed by atoms with E-state index < -0.39 is 16.1 Å². The normalized spacial score (nSPS) is 11.2. The second kappa shape index (κ2) is 26.8. The summed E-state index contributed by atoms with van der Waals surface area (Å²) >= 11 is 3.73. The molecule has 12 rings (SSSR count). The summed E-state index contributed by atoms with van der Waals surface area (Å²) in [4.78, 5) is 17.8. The third-order valence-corrected chi connectivity index (χ3v) is 19.7. The van der Waals surface area contributed by atoms with Gasteiger partial charge in [-0.15, -0.1) is 118 Å². The van der Waals surface area contributed by atoms with Crippen LogP contribution in [0, 0.1) is 24.3 Å². The van der Waals surface area contributed by atoms with Crippen LogP contribution in [0.1, 0.15) is 50.7 Å². The van der Waals surface area contributed by atoms with Crippen molar-refractivity contribution in [1.29, 1.82) is 0 Å². The third kappa shape index (κ3) is 14.1. The van der Waals surface area contributed by atoms with E-state index in [0.717, 1.165) is 45.0 Å². The summed E-state index contributed by atoms with van der Waals surface area (Å²) in [6.07, 6.45) is 7.44. The third-order valence-electron chi connectivity index (χ3n) is 13.2. The summed E-state index contributed by atoms with van der Waals surface area (Å²) in [5, 5.41) is 8.62. The average Bonchev–Trinajstić information content (AvgIpc) is 4.13. The Balaban J connectivity index is 0.000000153. The van der Waals surface area contributed by atoms with Gasteiger partial charge in [-0.05, 0) is 91.2 Å². The molecule has 0 aliphatic carbocycles. The summed E-state index contributed by atoms with van der Waals surface area (Å²) in [7, 11) is -2.84. The van der Waals surface area contributed by atoms with Crippen molar-refractivity contribution in [2.24, 2.45) is 0 Å². The molecule has 398 valence electrons. The number of hydrogen-bond acceptors (Lipinski definition) is 6. The maximum atomic E-state index is 4.55. The predicted octanol–water partition coefficient (Wildman–Crippen LogP) is 18.3. The molecule has 6 heterocycles. The molecule has 0 bridgehead atoms. The van der Waals surface area contributed by atoms with Gasteiger partial charge in [0.05, 0.1) is 8.07 Å². The largest absolute Gasteiger partial charge is 0.305 e. The van der Waals surface area contributed by atoms with Crippen molar-refractivity contribution in [3.63, 3.8) is 0 Å². The fourth-order valence-electron chi connectivity index (χ4n) is 9.19. The fraction of sp³-hybridized carbons (Fsp3) is 0.176. The zero-order valence-electron chi connectivity index (χ0n) is 45.9. The van der Waals surface area contributed by atoms with Crippen LogP contribution in [-0.2, 0) is 40.2 Å². The minimum Gasteiger partial charge on any atom is -0.305 e. The first-order valence-electron chi connectivity index (χ1n) is 26.1. The van der Waals surface area contributed by atoms with E-state index in [1.165, 1.54) is 56.7 Å². The van der Waals surface area contributed by atoms with Crippen LogP contribution in [0.5, 0.6) is 0 Å². The SMILES string of the molecule is CC(C)c1ccnc(-c2[c-]cccc2)c1.CC(C)c1ccnc(-c2[c-]cccc2)c1.C[Si](C)(C)c1c[c-]c(-c2ccccn2)c2sc3ccccc3c12.C[Si](C)(C)c1cccc2sc3c(-c4ccccn4)[c-]ccc3c12.[Ir].[Ir]. The van der Waals surface area contributed by atoms with Gasteiger partial charge < -0.3 is 19.9 Å². The Labute approximate surface area is 499 Å². The number of pyridine rings is 4. The van der Waals surface area contributed by atoms with E-state index in [-0.39, 0.29) is 40.2 Å². The predicted molar refractivity (Wildman–Crippen MR) is 334 cm³/mol. The van der Waals surface area contributed by atoms with Crippen molar-refractivity contribution < 1.29 is 40.2 Å². The quantitative estimate of drug-likeness (QED) is 0.112. The molecule has 4 nitrogen and oxygen atoms in total. The second-order valence-electron chi connectivity index (χ2n) is 21.5. The van der Waals surface area contributed by atoms with Crippen LogP contribution in [0.15, 0.2) is 195 Å². The number of benzene rings is 6. The molecule has 6 aromatic carbocycles. The van der Waals surface area contributed by atoms with Crippen molar-refractivity contribution in [2.45, 2.75) is 78.8 Å². The van der Waals surface area contributed by atoms with E-state index in [0.29, 0.717) is 11.8 Å². The number of rotatable bonds is 8. The Bertz CT molecular complexity index is 3770. The van der Waals surface area contributed by atoms with Crippen molar-refractivity contribution >= 4 is 89.5 Å². The van der Waals surface area contributed by atoms with Gasteiger partial charge in [-0.2, -0.15) is 22.7 Å². The molecule has 0 atom stereocenters. The molecule has 0 fully saturated rings. The first kappa shape index (κ1) is 59.7. The molecule has 0 spiro atoms. The maximum Gasteiger partial charge on any atom is 0.0783 e. The zero-order valence-corrected chi connectivity index (χ0v) is 54.3. The van der Waals surface area contributed by atoms with E-state index in [1.54, 1.807) is 5.19 Å². The standard InChI is InChI=1S/2C20H18NSSi.2C14H14N.2Ir/c1-23(2,3)18-12-7-11-17-19(18)15-9-6-8-14(20(15)22-17)16-10-4-5-13-21-16;1-23(2,3)18-12-11-14(16-9-6-7-13-21-16)20-19(18)15-8-4-5-10-17(15)22-20;2*1-11(2)13-8-9-15-14(10-13)12-6-4-3-5-7-12;;/h4-7,9-13H,1-3H3;4-10,12-13H,1-3H3;2*3-6,8-11H,1-2H3;;/q4*-1;;. The van der Waals surface area contributed by atoms with Crippen LogP contribution >= 0.6 is 22.7 Å². The number of thiophene rings is 2. The van der Waals surface area contributed by atoms with Gasteiger partial charge in [0.15, 0.2) is 0 Å². The van der Waals surface area contributed by atoms with E-state index in [2.05, 4.69) is 202 Å². The van der Waals surface area contributed by atoms with E-state index in [4.69, 9.17) is 0 Å². The molecule has 10 heteroatoms. The van der Waals surface area contributed by atoms with Crippen LogP contribution in [0.4, 0.5) is 0 Å². The van der Waals surface area contributed by atoms with Gasteiger partial charge in [-0.3, -0.25) is 0 Å². The summed E-state index contributed by atoms with van der Waals surface area (Å²) in [5.74, 6) is 1.07. The van der Waals surface area contributed by atoms with Crippen LogP contribution in [-0.4, -0.2) is 36.1 Å². The van der Waals surface area contributed by atoms with Gasteiger partial charge in [-0.25, -0.2) is 0 Å². The second-order valence-corrected chi connectivity index (χ2v) is 33.7. The average molecular weight is 1440 g/mol. The Morgan fingerprint density at radius 3 is 1.41 bits per heavy atom. The van der Waals surface area contributed by atoms with Crippen molar-refractivity contribution in [3.05, 3.63) is 230 Å². The molecular formula is C68H64Ir2N4S2Si2-4. The van der Waals surface area contributed by atoms with E-state index in [9.17, 15) is 0 Å². The maximum absolute atomic E-state index is 4.55. The molecule has 0 saturated carbocycles. The summed E-state index contributed by atoms with van der Waals surface area (Å²) in [6.45, 7) is 23.2. The monoisotopic (exact) mass is 1440 g/mol. The van der Waals surface area contributed by atoms with Gasteiger partial charge in [0.1, 0.15) is 0 Å². The van der Waals surface area contributed by atoms with Crippen molar-refractivity contribution in [1.82, 2.24) is 19.9 Å². The molecule has 0 aliphatic heterocycles. The molecule has 78 heavy (non-hydrogen) atoms. The molecular weight excluding hydrogens is 1380 g/mol. The van der Waals surface area contributed by atoms with Crippen LogP contribution in [0.2, 0.25) is 39.3 Å². The Hall–Kier alpha value is -5.91. The summed E-state index contributed by atoms with van der Waals surface area (Å²) < 4.78 is 5.34.